The molecular weight excluding hydrogens is 444 g/mol. The van der Waals surface area contributed by atoms with Crippen molar-refractivity contribution in [2.45, 2.75) is 23.9 Å². The first-order valence-corrected chi connectivity index (χ1v) is 11.7. The average molecular weight is 471 g/mol. The lowest BCUT2D eigenvalue weighted by molar-refractivity contribution is 0.0948. The Morgan fingerprint density at radius 2 is 1.84 bits per heavy atom. The number of anilines is 1. The molecule has 0 aliphatic carbocycles. The number of benzene rings is 2. The number of amides is 1. The molecule has 1 heterocycles. The second-order valence-corrected chi connectivity index (χ2v) is 8.59. The molecule has 0 bridgehead atoms. The van der Waals surface area contributed by atoms with Gasteiger partial charge in [0.15, 0.2) is 5.16 Å². The monoisotopic (exact) mass is 470 g/mol. The molecule has 8 heteroatoms. The molecule has 1 amide bonds. The lowest BCUT2D eigenvalue weighted by Crippen LogP contribution is -2.25. The number of hydrogen-bond acceptors (Lipinski definition) is 6. The van der Waals surface area contributed by atoms with Crippen LogP contribution in [0.3, 0.4) is 0 Å². The summed E-state index contributed by atoms with van der Waals surface area (Å²) in [5, 5.41) is 3.92. The molecule has 0 unspecified atom stereocenters. The molecule has 0 aliphatic rings. The van der Waals surface area contributed by atoms with Crippen LogP contribution in [0.5, 0.6) is 0 Å². The molecule has 0 saturated carbocycles. The van der Waals surface area contributed by atoms with Gasteiger partial charge in [-0.3, -0.25) is 4.79 Å². The van der Waals surface area contributed by atoms with E-state index in [2.05, 4.69) is 27.4 Å². The first-order valence-electron chi connectivity index (χ1n) is 10.3. The Kier molecular flexibility index (Phi) is 9.34. The zero-order valence-electron chi connectivity index (χ0n) is 18.3. The molecule has 1 N–H and O–H groups in total. The van der Waals surface area contributed by atoms with Crippen molar-refractivity contribution in [1.29, 1.82) is 0 Å². The second-order valence-electron chi connectivity index (χ2n) is 7.26. The molecule has 6 nitrogen and oxygen atoms in total. The van der Waals surface area contributed by atoms with Gasteiger partial charge in [0.2, 0.25) is 0 Å². The summed E-state index contributed by atoms with van der Waals surface area (Å²) >= 11 is 7.76. The van der Waals surface area contributed by atoms with Gasteiger partial charge in [0, 0.05) is 51.2 Å². The van der Waals surface area contributed by atoms with E-state index in [9.17, 15) is 4.79 Å². The van der Waals surface area contributed by atoms with Crippen molar-refractivity contribution in [3.05, 3.63) is 82.5 Å². The number of nitrogens with one attached hydrogen (secondary N) is 1. The number of carbonyl (C=O) groups excluding carboxylic acids is 1. The van der Waals surface area contributed by atoms with Crippen LogP contribution >= 0.6 is 23.4 Å². The van der Waals surface area contributed by atoms with Gasteiger partial charge in [-0.15, -0.1) is 0 Å². The summed E-state index contributed by atoms with van der Waals surface area (Å²) in [5.74, 6) is 1.37. The third-order valence-corrected chi connectivity index (χ3v) is 5.82. The molecule has 0 spiro atoms. The highest BCUT2D eigenvalue weighted by molar-refractivity contribution is 7.98. The molecule has 2 aromatic carbocycles. The Labute approximate surface area is 198 Å². The van der Waals surface area contributed by atoms with Crippen LogP contribution in [-0.2, 0) is 17.0 Å². The Bertz CT molecular complexity index is 1000. The van der Waals surface area contributed by atoms with Crippen molar-refractivity contribution < 1.29 is 9.53 Å². The number of carbonyl (C=O) groups is 1. The zero-order valence-corrected chi connectivity index (χ0v) is 19.8. The molecule has 0 atom stereocenters. The molecule has 0 aliphatic heterocycles. The van der Waals surface area contributed by atoms with E-state index < -0.39 is 0 Å². The first kappa shape index (κ1) is 24.0. The lowest BCUT2D eigenvalue weighted by Gasteiger charge is -2.19. The van der Waals surface area contributed by atoms with Crippen LogP contribution in [0.1, 0.15) is 27.9 Å². The Morgan fingerprint density at radius 1 is 1.09 bits per heavy atom. The van der Waals surface area contributed by atoms with Gasteiger partial charge in [-0.2, -0.15) is 0 Å². The van der Waals surface area contributed by atoms with Crippen molar-refractivity contribution in [3.63, 3.8) is 0 Å². The maximum absolute atomic E-state index is 12.2. The Balaban J connectivity index is 1.56. The number of hydrogen-bond donors (Lipinski definition) is 1. The van der Waals surface area contributed by atoms with Crippen molar-refractivity contribution >= 4 is 35.1 Å². The molecule has 0 fully saturated rings. The number of methoxy groups -OCH3 is 1. The normalized spacial score (nSPS) is 10.7. The summed E-state index contributed by atoms with van der Waals surface area (Å²) in [5.41, 5.74) is 2.91. The zero-order chi connectivity index (χ0) is 22.8. The highest BCUT2D eigenvalue weighted by atomic mass is 35.5. The summed E-state index contributed by atoms with van der Waals surface area (Å²) in [6.07, 6.45) is 0.791. The van der Waals surface area contributed by atoms with Crippen molar-refractivity contribution in [2.24, 2.45) is 0 Å². The number of nitrogens with zero attached hydrogens (tertiary/aromatic N) is 3. The fourth-order valence-electron chi connectivity index (χ4n) is 3.00. The van der Waals surface area contributed by atoms with E-state index in [4.69, 9.17) is 16.3 Å². The van der Waals surface area contributed by atoms with Crippen LogP contribution in [0, 0.1) is 0 Å². The summed E-state index contributed by atoms with van der Waals surface area (Å²) in [7, 11) is 3.63. The molecule has 0 radical (unpaired) electrons. The topological polar surface area (TPSA) is 67.3 Å². The summed E-state index contributed by atoms with van der Waals surface area (Å²) in [6, 6.07) is 19.5. The lowest BCUT2D eigenvalue weighted by atomic mass is 10.1. The SMILES string of the molecule is COCCCNC(=O)c1ccc(CSc2nc(Cl)cc(N(C)Cc3ccccc3)n2)cc1. The van der Waals surface area contributed by atoms with E-state index in [1.54, 1.807) is 13.2 Å². The minimum absolute atomic E-state index is 0.0791. The van der Waals surface area contributed by atoms with Gasteiger partial charge < -0.3 is 15.0 Å². The molecular formula is C24H27ClN4O2S. The van der Waals surface area contributed by atoms with Crippen LogP contribution < -0.4 is 10.2 Å². The standard InChI is InChI=1S/C24H27ClN4O2S/c1-29(16-18-7-4-3-5-8-18)22-15-21(25)27-24(28-22)32-17-19-9-11-20(12-10-19)23(30)26-13-6-14-31-2/h3-5,7-12,15H,6,13-14,16-17H2,1-2H3,(H,26,30). The fourth-order valence-corrected chi connectivity index (χ4v) is 4.04. The first-order chi connectivity index (χ1) is 15.5. The fraction of sp³-hybridized carbons (Fsp3) is 0.292. The van der Waals surface area contributed by atoms with E-state index in [1.807, 2.05) is 54.4 Å². The third-order valence-electron chi connectivity index (χ3n) is 4.71. The van der Waals surface area contributed by atoms with Crippen molar-refractivity contribution in [1.82, 2.24) is 15.3 Å². The molecule has 1 aromatic heterocycles. The predicted molar refractivity (Wildman–Crippen MR) is 130 cm³/mol. The van der Waals surface area contributed by atoms with Crippen LogP contribution in [0.25, 0.3) is 0 Å². The van der Waals surface area contributed by atoms with Gasteiger partial charge >= 0.3 is 0 Å². The highest BCUT2D eigenvalue weighted by Gasteiger charge is 2.10. The summed E-state index contributed by atoms with van der Waals surface area (Å²) in [6.45, 7) is 1.95. The van der Waals surface area contributed by atoms with Crippen LogP contribution in [0.15, 0.2) is 65.8 Å². The van der Waals surface area contributed by atoms with E-state index in [0.717, 1.165) is 24.3 Å². The number of halogens is 1. The van der Waals surface area contributed by atoms with E-state index in [0.29, 0.717) is 34.8 Å². The second kappa shape index (κ2) is 12.4. The number of rotatable bonds is 11. The van der Waals surface area contributed by atoms with Gasteiger partial charge in [-0.05, 0) is 29.7 Å². The summed E-state index contributed by atoms with van der Waals surface area (Å²) in [4.78, 5) is 23.2. The molecule has 0 saturated heterocycles. The quantitative estimate of drug-likeness (QED) is 0.187. The maximum atomic E-state index is 12.2. The predicted octanol–water partition coefficient (Wildman–Crippen LogP) is 4.83. The molecule has 168 valence electrons. The van der Waals surface area contributed by atoms with Crippen molar-refractivity contribution in [2.75, 3.05) is 32.2 Å². The van der Waals surface area contributed by atoms with E-state index >= 15 is 0 Å². The van der Waals surface area contributed by atoms with Gasteiger partial charge in [0.25, 0.3) is 5.91 Å². The van der Waals surface area contributed by atoms with E-state index in [-0.39, 0.29) is 5.91 Å². The molecule has 32 heavy (non-hydrogen) atoms. The Hall–Kier alpha value is -2.61. The summed E-state index contributed by atoms with van der Waals surface area (Å²) < 4.78 is 4.99. The maximum Gasteiger partial charge on any atom is 0.251 e. The van der Waals surface area contributed by atoms with Crippen LogP contribution in [-0.4, -0.2) is 43.2 Å². The number of thioether (sulfide) groups is 1. The smallest absolute Gasteiger partial charge is 0.251 e. The van der Waals surface area contributed by atoms with Crippen LogP contribution in [0.2, 0.25) is 5.15 Å². The Morgan fingerprint density at radius 3 is 2.56 bits per heavy atom. The molecule has 3 rings (SSSR count). The number of aromatic nitrogens is 2. The van der Waals surface area contributed by atoms with Crippen molar-refractivity contribution in [3.8, 4) is 0 Å². The minimum atomic E-state index is -0.0791. The van der Waals surface area contributed by atoms with Gasteiger partial charge in [-0.25, -0.2) is 9.97 Å². The third kappa shape index (κ3) is 7.51. The average Bonchev–Trinajstić information content (AvgIpc) is 2.81. The highest BCUT2D eigenvalue weighted by Crippen LogP contribution is 2.25. The molecule has 3 aromatic rings. The van der Waals surface area contributed by atoms with Gasteiger partial charge in [0.1, 0.15) is 11.0 Å². The van der Waals surface area contributed by atoms with E-state index in [1.165, 1.54) is 17.3 Å². The van der Waals surface area contributed by atoms with Crippen LogP contribution in [0.4, 0.5) is 5.82 Å². The largest absolute Gasteiger partial charge is 0.385 e. The van der Waals surface area contributed by atoms with Gasteiger partial charge in [0.05, 0.1) is 0 Å². The number of ether oxygens (including phenoxy) is 1. The van der Waals surface area contributed by atoms with Gasteiger partial charge in [-0.1, -0.05) is 65.8 Å². The minimum Gasteiger partial charge on any atom is -0.385 e.